The van der Waals surface area contributed by atoms with Gasteiger partial charge in [-0.2, -0.15) is 5.26 Å². The Labute approximate surface area is 296 Å². The standard InChI is InChI=1S/C45H33N2.Ir/c1-45(2,42-17-4-3-5-18-42)43-22-20-33(21-23-43)34-11-8-12-35(27-34)36-13-9-14-37(28-36)40-25-32(31-46)26-41(30-40)38-15-10-16-39(29-38)44-19-6-7-24-47-44;/h3-15,17-30H,1-2H3;/q-1;. The first-order chi connectivity index (χ1) is 23.0. The zero-order valence-corrected chi connectivity index (χ0v) is 29.2. The molecule has 233 valence electrons. The molecule has 1 heterocycles. The van der Waals surface area contributed by atoms with E-state index in [4.69, 9.17) is 0 Å². The van der Waals surface area contributed by atoms with Gasteiger partial charge in [0.15, 0.2) is 0 Å². The second kappa shape index (κ2) is 14.2. The molecule has 0 aliphatic heterocycles. The number of nitrogens with zero attached hydrogens (tertiary/aromatic N) is 2. The van der Waals surface area contributed by atoms with Crippen molar-refractivity contribution in [2.45, 2.75) is 19.3 Å². The Hall–Kier alpha value is -5.39. The molecule has 0 saturated carbocycles. The van der Waals surface area contributed by atoms with E-state index < -0.39 is 0 Å². The Morgan fingerprint density at radius 2 is 1.06 bits per heavy atom. The zero-order chi connectivity index (χ0) is 32.2. The van der Waals surface area contributed by atoms with Crippen molar-refractivity contribution in [2.75, 3.05) is 0 Å². The first-order valence-electron chi connectivity index (χ1n) is 15.8. The van der Waals surface area contributed by atoms with Crippen LogP contribution in [0.15, 0.2) is 164 Å². The molecule has 7 aromatic rings. The summed E-state index contributed by atoms with van der Waals surface area (Å²) >= 11 is 0. The average Bonchev–Trinajstić information content (AvgIpc) is 3.15. The van der Waals surface area contributed by atoms with Gasteiger partial charge in [0, 0.05) is 31.7 Å². The van der Waals surface area contributed by atoms with Gasteiger partial charge in [-0.05, 0) is 92.2 Å². The average molecular weight is 794 g/mol. The molecule has 48 heavy (non-hydrogen) atoms. The van der Waals surface area contributed by atoms with Gasteiger partial charge in [0.25, 0.3) is 0 Å². The van der Waals surface area contributed by atoms with Crippen molar-refractivity contribution in [3.05, 3.63) is 187 Å². The fourth-order valence-corrected chi connectivity index (χ4v) is 6.20. The molecule has 0 amide bonds. The molecule has 0 aliphatic rings. The predicted octanol–water partition coefficient (Wildman–Crippen LogP) is 11.4. The van der Waals surface area contributed by atoms with Crippen molar-refractivity contribution < 1.29 is 20.1 Å². The Bertz CT molecular complexity index is 2210. The number of nitriles is 1. The topological polar surface area (TPSA) is 36.7 Å². The van der Waals surface area contributed by atoms with Gasteiger partial charge in [0.1, 0.15) is 0 Å². The van der Waals surface area contributed by atoms with Gasteiger partial charge in [0.05, 0.1) is 11.6 Å². The molecule has 0 N–H and O–H groups in total. The van der Waals surface area contributed by atoms with E-state index in [9.17, 15) is 5.26 Å². The van der Waals surface area contributed by atoms with Crippen LogP contribution in [0, 0.1) is 17.4 Å². The summed E-state index contributed by atoms with van der Waals surface area (Å²) in [6.45, 7) is 4.55. The summed E-state index contributed by atoms with van der Waals surface area (Å²) in [6.07, 6.45) is 1.79. The molecular weight excluding hydrogens is 761 g/mol. The molecule has 2 nitrogen and oxygen atoms in total. The Morgan fingerprint density at radius 3 is 1.67 bits per heavy atom. The van der Waals surface area contributed by atoms with Crippen LogP contribution in [0.3, 0.4) is 0 Å². The van der Waals surface area contributed by atoms with Crippen molar-refractivity contribution in [3.8, 4) is 61.8 Å². The van der Waals surface area contributed by atoms with E-state index in [0.29, 0.717) is 5.56 Å². The molecule has 0 fully saturated rings. The summed E-state index contributed by atoms with van der Waals surface area (Å²) in [5.74, 6) is 0. The molecule has 0 saturated heterocycles. The Kier molecular flexibility index (Phi) is 9.60. The fourth-order valence-electron chi connectivity index (χ4n) is 6.20. The van der Waals surface area contributed by atoms with Gasteiger partial charge < -0.3 is 4.98 Å². The van der Waals surface area contributed by atoms with E-state index in [1.54, 1.807) is 6.20 Å². The quantitative estimate of drug-likeness (QED) is 0.151. The maximum atomic E-state index is 9.94. The predicted molar refractivity (Wildman–Crippen MR) is 194 cm³/mol. The minimum absolute atomic E-state index is 0. The van der Waals surface area contributed by atoms with Crippen LogP contribution in [-0.2, 0) is 25.5 Å². The molecule has 1 aromatic heterocycles. The number of rotatable bonds is 7. The van der Waals surface area contributed by atoms with Crippen molar-refractivity contribution in [1.82, 2.24) is 4.98 Å². The third-order valence-electron chi connectivity index (χ3n) is 8.97. The second-order valence-corrected chi connectivity index (χ2v) is 12.3. The molecule has 1 radical (unpaired) electrons. The first kappa shape index (κ1) is 32.5. The summed E-state index contributed by atoms with van der Waals surface area (Å²) < 4.78 is 0. The summed E-state index contributed by atoms with van der Waals surface area (Å²) in [5.41, 5.74) is 13.6. The van der Waals surface area contributed by atoms with Crippen LogP contribution in [-0.4, -0.2) is 4.98 Å². The zero-order valence-electron chi connectivity index (χ0n) is 26.8. The van der Waals surface area contributed by atoms with E-state index in [0.717, 1.165) is 44.6 Å². The van der Waals surface area contributed by atoms with E-state index in [1.165, 1.54) is 22.3 Å². The van der Waals surface area contributed by atoms with Crippen LogP contribution >= 0.6 is 0 Å². The molecule has 0 spiro atoms. The molecule has 7 rings (SSSR count). The second-order valence-electron chi connectivity index (χ2n) is 12.3. The molecule has 0 unspecified atom stereocenters. The molecule has 6 aromatic carbocycles. The van der Waals surface area contributed by atoms with Gasteiger partial charge in [0.2, 0.25) is 0 Å². The van der Waals surface area contributed by atoms with E-state index in [-0.39, 0.29) is 25.5 Å². The largest absolute Gasteiger partial charge is 0.305 e. The van der Waals surface area contributed by atoms with Gasteiger partial charge in [-0.1, -0.05) is 117 Å². The fraction of sp³-hybridized carbons (Fsp3) is 0.0667. The van der Waals surface area contributed by atoms with Gasteiger partial charge in [-0.25, -0.2) is 0 Å². The number of pyridine rings is 1. The molecular formula is C45H33IrN2-. The van der Waals surface area contributed by atoms with Crippen LogP contribution in [0.1, 0.15) is 30.5 Å². The minimum atomic E-state index is -0.0782. The van der Waals surface area contributed by atoms with Crippen molar-refractivity contribution >= 4 is 0 Å². The van der Waals surface area contributed by atoms with E-state index in [2.05, 4.69) is 146 Å². The summed E-state index contributed by atoms with van der Waals surface area (Å²) in [7, 11) is 0. The van der Waals surface area contributed by atoms with E-state index in [1.807, 2.05) is 42.5 Å². The maximum Gasteiger partial charge on any atom is 0.0992 e. The van der Waals surface area contributed by atoms with Gasteiger partial charge in [-0.15, -0.1) is 35.4 Å². The molecule has 3 heteroatoms. The monoisotopic (exact) mass is 794 g/mol. The number of benzene rings is 6. The van der Waals surface area contributed by atoms with Crippen molar-refractivity contribution in [3.63, 3.8) is 0 Å². The number of hydrogen-bond donors (Lipinski definition) is 0. The molecule has 0 aliphatic carbocycles. The molecule has 0 bridgehead atoms. The van der Waals surface area contributed by atoms with Crippen molar-refractivity contribution in [2.24, 2.45) is 0 Å². The van der Waals surface area contributed by atoms with Crippen LogP contribution in [0.25, 0.3) is 55.8 Å². The summed E-state index contributed by atoms with van der Waals surface area (Å²) in [6, 6.07) is 60.5. The first-order valence-corrected chi connectivity index (χ1v) is 15.8. The third-order valence-corrected chi connectivity index (χ3v) is 8.97. The number of aromatic nitrogens is 1. The van der Waals surface area contributed by atoms with Crippen molar-refractivity contribution in [1.29, 1.82) is 5.26 Å². The summed E-state index contributed by atoms with van der Waals surface area (Å²) in [5, 5.41) is 9.94. The SMILES string of the molecule is CC(C)(c1ccccc1)c1ccc(-c2cccc(-c3cccc(-c4cc(C#N)cc(-c5cc[c-]c(-c6ccccn6)c5)c4)c3)c2)cc1.[Ir]. The van der Waals surface area contributed by atoms with E-state index >= 15 is 0 Å². The smallest absolute Gasteiger partial charge is 0.0992 e. The Balaban J connectivity index is 0.00000401. The van der Waals surface area contributed by atoms with Crippen LogP contribution in [0.5, 0.6) is 0 Å². The third kappa shape index (κ3) is 6.83. The normalized spacial score (nSPS) is 10.9. The summed E-state index contributed by atoms with van der Waals surface area (Å²) in [4.78, 5) is 4.49. The minimum Gasteiger partial charge on any atom is -0.305 e. The van der Waals surface area contributed by atoms with Crippen LogP contribution < -0.4 is 0 Å². The molecule has 0 atom stereocenters. The maximum absolute atomic E-state index is 9.94. The number of hydrogen-bond acceptors (Lipinski definition) is 2. The van der Waals surface area contributed by atoms with Gasteiger partial charge in [-0.3, -0.25) is 0 Å². The van der Waals surface area contributed by atoms with Crippen LogP contribution in [0.4, 0.5) is 0 Å². The van der Waals surface area contributed by atoms with Crippen LogP contribution in [0.2, 0.25) is 0 Å². The van der Waals surface area contributed by atoms with Gasteiger partial charge >= 0.3 is 0 Å². The Morgan fingerprint density at radius 1 is 0.521 bits per heavy atom.